The highest BCUT2D eigenvalue weighted by Gasteiger charge is 2.26. The third kappa shape index (κ3) is 3.81. The van der Waals surface area contributed by atoms with Gasteiger partial charge < -0.3 is 8.83 Å². The molecule has 9 aromatic carbocycles. The summed E-state index contributed by atoms with van der Waals surface area (Å²) in [6, 6.07) is 57.9. The van der Waals surface area contributed by atoms with Gasteiger partial charge in [0, 0.05) is 43.3 Å². The monoisotopic (exact) mass is 701 g/mol. The van der Waals surface area contributed by atoms with Gasteiger partial charge in [-0.05, 0) is 62.6 Å². The van der Waals surface area contributed by atoms with E-state index in [0.717, 1.165) is 71.2 Å². The third-order valence-electron chi connectivity index (χ3n) is 11.6. The van der Waals surface area contributed by atoms with Crippen LogP contribution in [0.15, 0.2) is 173 Å². The van der Waals surface area contributed by atoms with Crippen LogP contribution in [-0.4, -0.2) is 14.5 Å². The summed E-state index contributed by atoms with van der Waals surface area (Å²) in [6.45, 7) is 0. The minimum atomic E-state index is 0.488. The number of para-hydroxylation sites is 3. The van der Waals surface area contributed by atoms with E-state index < -0.39 is 0 Å². The number of rotatable bonds is 2. The van der Waals surface area contributed by atoms with E-state index in [4.69, 9.17) is 18.8 Å². The molecule has 5 heteroatoms. The molecule has 0 spiro atoms. The van der Waals surface area contributed by atoms with Crippen molar-refractivity contribution in [3.8, 4) is 17.1 Å². The van der Waals surface area contributed by atoms with Crippen LogP contribution in [0.25, 0.3) is 126 Å². The summed E-state index contributed by atoms with van der Waals surface area (Å²) < 4.78 is 15.5. The van der Waals surface area contributed by atoms with Crippen LogP contribution in [-0.2, 0) is 0 Å². The van der Waals surface area contributed by atoms with Crippen LogP contribution >= 0.6 is 0 Å². The van der Waals surface area contributed by atoms with Crippen molar-refractivity contribution >= 4 is 109 Å². The molecule has 0 saturated carbocycles. The largest absolute Gasteiger partial charge is 0.455 e. The fraction of sp³-hybridized carbons (Fsp3) is 0. The van der Waals surface area contributed by atoms with Gasteiger partial charge in [0.25, 0.3) is 0 Å². The normalized spacial score (nSPS) is 12.4. The number of benzene rings is 9. The number of nitrogens with zero attached hydrogens (tertiary/aromatic N) is 3. The summed E-state index contributed by atoms with van der Waals surface area (Å²) in [7, 11) is 0. The minimum absolute atomic E-state index is 0.488. The molecular formula is C50H27N3O2. The van der Waals surface area contributed by atoms with Crippen LogP contribution in [0.5, 0.6) is 0 Å². The number of furan rings is 2. The van der Waals surface area contributed by atoms with Crippen LogP contribution in [0, 0.1) is 0 Å². The fourth-order valence-corrected chi connectivity index (χ4v) is 9.27. The maximum Gasteiger partial charge on any atom is 0.247 e. The van der Waals surface area contributed by atoms with Gasteiger partial charge in [0.2, 0.25) is 5.71 Å². The van der Waals surface area contributed by atoms with E-state index in [9.17, 15) is 0 Å². The Morgan fingerprint density at radius 3 is 1.80 bits per heavy atom. The number of aromatic nitrogens is 3. The highest BCUT2D eigenvalue weighted by Crippen LogP contribution is 2.47. The lowest BCUT2D eigenvalue weighted by Gasteiger charge is -2.14. The predicted octanol–water partition coefficient (Wildman–Crippen LogP) is 13.7. The smallest absolute Gasteiger partial charge is 0.247 e. The van der Waals surface area contributed by atoms with Crippen molar-refractivity contribution in [2.24, 2.45) is 0 Å². The van der Waals surface area contributed by atoms with Gasteiger partial charge in [0.15, 0.2) is 5.82 Å². The van der Waals surface area contributed by atoms with Gasteiger partial charge in [-0.3, -0.25) is 4.57 Å². The van der Waals surface area contributed by atoms with E-state index in [1.165, 1.54) is 37.7 Å². The quantitative estimate of drug-likeness (QED) is 0.168. The molecule has 0 saturated heterocycles. The van der Waals surface area contributed by atoms with Crippen LogP contribution in [0.1, 0.15) is 0 Å². The molecule has 0 radical (unpaired) electrons. The summed E-state index contributed by atoms with van der Waals surface area (Å²) in [6.07, 6.45) is 0. The zero-order valence-corrected chi connectivity index (χ0v) is 29.2. The van der Waals surface area contributed by atoms with Crippen LogP contribution < -0.4 is 0 Å². The lowest BCUT2D eigenvalue weighted by molar-refractivity contribution is 0.652. The molecule has 0 N–H and O–H groups in total. The van der Waals surface area contributed by atoms with Gasteiger partial charge in [-0.1, -0.05) is 133 Å². The number of hydrogen-bond donors (Lipinski definition) is 0. The Balaban J connectivity index is 1.28. The molecule has 0 aliphatic heterocycles. The molecule has 5 nitrogen and oxygen atoms in total. The Bertz CT molecular complexity index is 3760. The zero-order valence-electron chi connectivity index (χ0n) is 29.2. The van der Waals surface area contributed by atoms with Crippen molar-refractivity contribution in [3.05, 3.63) is 164 Å². The standard InChI is InChI=1S/C50H27N3O2/c1-2-13-29-28(12-1)24-25-38-44-40(27-26-35-32-16-4-3-14-30(32)31-15-5-6-18-34(31)43(35)44)53(47(29)38)49-45(52-50-46(51-49)37-19-8-10-23-42(37)55-50)39-21-11-20-36-33-17-7-9-22-41(33)54-48(36)39/h1-27H. The molecule has 4 aromatic heterocycles. The first kappa shape index (κ1) is 29.0. The Kier molecular flexibility index (Phi) is 5.57. The van der Waals surface area contributed by atoms with E-state index in [1.807, 2.05) is 30.3 Å². The van der Waals surface area contributed by atoms with E-state index >= 15 is 0 Å². The van der Waals surface area contributed by atoms with Gasteiger partial charge in [-0.2, -0.15) is 0 Å². The van der Waals surface area contributed by atoms with Gasteiger partial charge in [0.05, 0.1) is 11.0 Å². The molecule has 0 fully saturated rings. The summed E-state index contributed by atoms with van der Waals surface area (Å²) >= 11 is 0. The molecule has 0 bridgehead atoms. The first-order valence-corrected chi connectivity index (χ1v) is 18.6. The Labute approximate surface area is 312 Å². The molecule has 13 rings (SSSR count). The predicted molar refractivity (Wildman–Crippen MR) is 226 cm³/mol. The molecule has 55 heavy (non-hydrogen) atoms. The van der Waals surface area contributed by atoms with Crippen molar-refractivity contribution in [2.75, 3.05) is 0 Å². The number of fused-ring (bicyclic) bond motifs is 18. The molecule has 13 aromatic rings. The highest BCUT2D eigenvalue weighted by atomic mass is 16.3. The van der Waals surface area contributed by atoms with Crippen molar-refractivity contribution < 1.29 is 8.83 Å². The first-order valence-electron chi connectivity index (χ1n) is 18.6. The molecule has 254 valence electrons. The maximum absolute atomic E-state index is 6.67. The van der Waals surface area contributed by atoms with E-state index in [1.54, 1.807) is 0 Å². The van der Waals surface area contributed by atoms with Crippen LogP contribution in [0.2, 0.25) is 0 Å². The topological polar surface area (TPSA) is 57.0 Å². The van der Waals surface area contributed by atoms with Crippen LogP contribution in [0.4, 0.5) is 0 Å². The van der Waals surface area contributed by atoms with Gasteiger partial charge in [-0.25, -0.2) is 9.97 Å². The summed E-state index contributed by atoms with van der Waals surface area (Å²) in [5.74, 6) is 0.716. The number of hydrogen-bond acceptors (Lipinski definition) is 4. The molecule has 0 atom stereocenters. The maximum atomic E-state index is 6.67. The highest BCUT2D eigenvalue weighted by molar-refractivity contribution is 6.36. The first-order chi connectivity index (χ1) is 27.3. The minimum Gasteiger partial charge on any atom is -0.455 e. The van der Waals surface area contributed by atoms with Gasteiger partial charge >= 0.3 is 0 Å². The van der Waals surface area contributed by atoms with Crippen molar-refractivity contribution in [1.29, 1.82) is 0 Å². The molecule has 0 aliphatic carbocycles. The molecule has 0 amide bonds. The van der Waals surface area contributed by atoms with Crippen molar-refractivity contribution in [1.82, 2.24) is 14.5 Å². The van der Waals surface area contributed by atoms with Gasteiger partial charge in [-0.15, -0.1) is 0 Å². The van der Waals surface area contributed by atoms with Crippen LogP contribution in [0.3, 0.4) is 0 Å². The van der Waals surface area contributed by atoms with E-state index in [2.05, 4.69) is 138 Å². The Hall–Kier alpha value is -7.50. The summed E-state index contributed by atoms with van der Waals surface area (Å²) in [5.41, 5.74) is 7.23. The molecular weight excluding hydrogens is 675 g/mol. The molecule has 0 aliphatic rings. The third-order valence-corrected chi connectivity index (χ3v) is 11.6. The second-order valence-electron chi connectivity index (χ2n) is 14.4. The Morgan fingerprint density at radius 2 is 1.00 bits per heavy atom. The average molecular weight is 702 g/mol. The second kappa shape index (κ2) is 10.6. The second-order valence-corrected chi connectivity index (χ2v) is 14.4. The Morgan fingerprint density at radius 1 is 0.400 bits per heavy atom. The van der Waals surface area contributed by atoms with Gasteiger partial charge in [0.1, 0.15) is 28.0 Å². The molecule has 4 heterocycles. The van der Waals surface area contributed by atoms with Crippen molar-refractivity contribution in [2.45, 2.75) is 0 Å². The summed E-state index contributed by atoms with van der Waals surface area (Å²) in [4.78, 5) is 11.0. The lowest BCUT2D eigenvalue weighted by Crippen LogP contribution is -2.03. The van der Waals surface area contributed by atoms with E-state index in [-0.39, 0.29) is 0 Å². The molecule has 0 unspecified atom stereocenters. The lowest BCUT2D eigenvalue weighted by atomic mass is 9.91. The average Bonchev–Trinajstić information content (AvgIpc) is 3.92. The zero-order chi connectivity index (χ0) is 35.8. The fourth-order valence-electron chi connectivity index (χ4n) is 9.27. The summed E-state index contributed by atoms with van der Waals surface area (Å²) in [5, 5.41) is 15.1. The van der Waals surface area contributed by atoms with Crippen molar-refractivity contribution in [3.63, 3.8) is 0 Å². The SMILES string of the molecule is c1ccc2c(c1)ccc1c3c4c5ccccc5c5ccccc5c4ccc3n(-c3nc4c(nc3-c3cccc5c3oc3ccccc35)oc3ccccc34)c21. The van der Waals surface area contributed by atoms with E-state index in [0.29, 0.717) is 17.2 Å².